The van der Waals surface area contributed by atoms with E-state index in [0.717, 1.165) is 11.1 Å². The Morgan fingerprint density at radius 1 is 1.00 bits per heavy atom. The molecule has 0 amide bonds. The first kappa shape index (κ1) is 15.1. The van der Waals surface area contributed by atoms with Gasteiger partial charge in [-0.05, 0) is 48.4 Å². The van der Waals surface area contributed by atoms with Crippen molar-refractivity contribution in [3.8, 4) is 0 Å². The highest BCUT2D eigenvalue weighted by molar-refractivity contribution is 6.42. The summed E-state index contributed by atoms with van der Waals surface area (Å²) >= 11 is 17.9. The number of carbonyl (C=O) groups is 1. The molecule has 0 radical (unpaired) electrons. The molecule has 0 aromatic heterocycles. The minimum atomic E-state index is -0.138. The van der Waals surface area contributed by atoms with Gasteiger partial charge in [-0.25, -0.2) is 0 Å². The van der Waals surface area contributed by atoms with Crippen LogP contribution in [0.2, 0.25) is 15.1 Å². The van der Waals surface area contributed by atoms with Gasteiger partial charge < -0.3 is 0 Å². The highest BCUT2D eigenvalue weighted by Gasteiger charge is 2.09. The molecule has 0 aliphatic heterocycles. The van der Waals surface area contributed by atoms with E-state index in [2.05, 4.69) is 0 Å². The number of rotatable bonds is 3. The van der Waals surface area contributed by atoms with Gasteiger partial charge >= 0.3 is 0 Å². The van der Waals surface area contributed by atoms with Crippen LogP contribution in [0.15, 0.2) is 42.5 Å². The quantitative estimate of drug-likeness (QED) is 0.511. The van der Waals surface area contributed by atoms with E-state index in [-0.39, 0.29) is 5.78 Å². The molecule has 2 rings (SSSR count). The van der Waals surface area contributed by atoms with E-state index in [1.54, 1.807) is 24.3 Å². The fourth-order valence-electron chi connectivity index (χ4n) is 1.78. The normalized spacial score (nSPS) is 11.0. The molecule has 2 aromatic rings. The van der Waals surface area contributed by atoms with Gasteiger partial charge in [0.25, 0.3) is 0 Å². The van der Waals surface area contributed by atoms with Crippen molar-refractivity contribution in [2.75, 3.05) is 0 Å². The summed E-state index contributed by atoms with van der Waals surface area (Å²) in [4.78, 5) is 12.2. The Hall–Kier alpha value is -1.28. The molecule has 0 spiro atoms. The van der Waals surface area contributed by atoms with Crippen molar-refractivity contribution in [1.29, 1.82) is 0 Å². The smallest absolute Gasteiger partial charge is 0.186 e. The number of allylic oxidation sites excluding steroid dienone is 1. The van der Waals surface area contributed by atoms with Gasteiger partial charge in [0.15, 0.2) is 5.78 Å². The summed E-state index contributed by atoms with van der Waals surface area (Å²) < 4.78 is 0. The molecule has 0 saturated carbocycles. The maximum atomic E-state index is 12.2. The van der Waals surface area contributed by atoms with Crippen molar-refractivity contribution < 1.29 is 4.79 Å². The van der Waals surface area contributed by atoms with Crippen LogP contribution >= 0.6 is 34.8 Å². The van der Waals surface area contributed by atoms with Gasteiger partial charge in [0.1, 0.15) is 0 Å². The van der Waals surface area contributed by atoms with E-state index in [9.17, 15) is 4.79 Å². The second-order valence-electron chi connectivity index (χ2n) is 4.30. The van der Waals surface area contributed by atoms with Crippen LogP contribution in [-0.4, -0.2) is 5.78 Å². The average Bonchev–Trinajstić information content (AvgIpc) is 2.41. The van der Waals surface area contributed by atoms with Crippen molar-refractivity contribution in [3.05, 3.63) is 74.2 Å². The van der Waals surface area contributed by atoms with E-state index in [4.69, 9.17) is 34.8 Å². The molecule has 4 heteroatoms. The summed E-state index contributed by atoms with van der Waals surface area (Å²) in [5.74, 6) is -0.138. The van der Waals surface area contributed by atoms with Crippen LogP contribution in [0.4, 0.5) is 0 Å². The third-order valence-corrected chi connectivity index (χ3v) is 3.92. The Morgan fingerprint density at radius 3 is 2.35 bits per heavy atom. The molecule has 0 saturated heterocycles. The molecule has 20 heavy (non-hydrogen) atoms. The summed E-state index contributed by atoms with van der Waals surface area (Å²) in [6, 6.07) is 10.6. The Bertz CT molecular complexity index is 690. The average molecular weight is 326 g/mol. The molecule has 0 heterocycles. The highest BCUT2D eigenvalue weighted by atomic mass is 35.5. The molecule has 0 unspecified atom stereocenters. The predicted molar refractivity (Wildman–Crippen MR) is 86.0 cm³/mol. The number of halogens is 3. The van der Waals surface area contributed by atoms with Crippen LogP contribution in [0.5, 0.6) is 0 Å². The number of aryl methyl sites for hydroxylation is 1. The minimum absolute atomic E-state index is 0.138. The van der Waals surface area contributed by atoms with Crippen LogP contribution in [-0.2, 0) is 0 Å². The van der Waals surface area contributed by atoms with Crippen molar-refractivity contribution in [2.24, 2.45) is 0 Å². The van der Waals surface area contributed by atoms with Crippen LogP contribution in [0.25, 0.3) is 6.08 Å². The number of carbonyl (C=O) groups excluding carboxylic acids is 1. The first-order chi connectivity index (χ1) is 9.49. The molecule has 0 N–H and O–H groups in total. The van der Waals surface area contributed by atoms with Crippen LogP contribution in [0.1, 0.15) is 21.5 Å². The van der Waals surface area contributed by atoms with Crippen LogP contribution in [0.3, 0.4) is 0 Å². The van der Waals surface area contributed by atoms with Crippen LogP contribution in [0, 0.1) is 6.92 Å². The minimum Gasteiger partial charge on any atom is -0.289 e. The largest absolute Gasteiger partial charge is 0.289 e. The maximum Gasteiger partial charge on any atom is 0.186 e. The summed E-state index contributed by atoms with van der Waals surface area (Å²) in [6.45, 7) is 1.82. The zero-order chi connectivity index (χ0) is 14.7. The lowest BCUT2D eigenvalue weighted by molar-refractivity contribution is 0.104. The molecule has 0 aliphatic carbocycles. The zero-order valence-corrected chi connectivity index (χ0v) is 12.9. The van der Waals surface area contributed by atoms with Gasteiger partial charge in [0.2, 0.25) is 0 Å². The molecule has 0 bridgehead atoms. The Morgan fingerprint density at radius 2 is 1.65 bits per heavy atom. The van der Waals surface area contributed by atoms with Crippen molar-refractivity contribution in [2.45, 2.75) is 6.92 Å². The number of hydrogen-bond acceptors (Lipinski definition) is 1. The molecule has 0 atom stereocenters. The topological polar surface area (TPSA) is 17.1 Å². The Kier molecular flexibility index (Phi) is 4.87. The van der Waals surface area contributed by atoms with E-state index in [1.807, 2.05) is 25.1 Å². The Balaban J connectivity index is 2.29. The van der Waals surface area contributed by atoms with Gasteiger partial charge in [-0.15, -0.1) is 0 Å². The summed E-state index contributed by atoms with van der Waals surface area (Å²) in [7, 11) is 0. The maximum absolute atomic E-state index is 12.2. The van der Waals surface area contributed by atoms with E-state index in [1.165, 1.54) is 6.08 Å². The number of hydrogen-bond donors (Lipinski definition) is 0. The van der Waals surface area contributed by atoms with E-state index >= 15 is 0 Å². The first-order valence-corrected chi connectivity index (χ1v) is 7.05. The second kappa shape index (κ2) is 6.45. The Labute approximate surface area is 132 Å². The van der Waals surface area contributed by atoms with Gasteiger partial charge in [0, 0.05) is 10.6 Å². The second-order valence-corrected chi connectivity index (χ2v) is 5.52. The monoisotopic (exact) mass is 324 g/mol. The van der Waals surface area contributed by atoms with Gasteiger partial charge in [-0.2, -0.15) is 0 Å². The van der Waals surface area contributed by atoms with Gasteiger partial charge in [0.05, 0.1) is 10.0 Å². The molecular formula is C16H11Cl3O. The third-order valence-electron chi connectivity index (χ3n) is 2.85. The van der Waals surface area contributed by atoms with Crippen LogP contribution < -0.4 is 0 Å². The van der Waals surface area contributed by atoms with E-state index < -0.39 is 0 Å². The van der Waals surface area contributed by atoms with Crippen molar-refractivity contribution in [1.82, 2.24) is 0 Å². The van der Waals surface area contributed by atoms with Gasteiger partial charge in [-0.3, -0.25) is 4.79 Å². The molecule has 2 aromatic carbocycles. The van der Waals surface area contributed by atoms with Crippen molar-refractivity contribution >= 4 is 46.7 Å². The lowest BCUT2D eigenvalue weighted by Crippen LogP contribution is -1.98. The molecule has 0 fully saturated rings. The number of ketones is 1. The summed E-state index contributed by atoms with van der Waals surface area (Å²) in [5.41, 5.74) is 2.11. The third kappa shape index (κ3) is 3.43. The fourth-order valence-corrected chi connectivity index (χ4v) is 2.36. The number of benzene rings is 2. The standard InChI is InChI=1S/C16H11Cl3O/c1-10-8-14(18)15(19)9-12(10)16(20)7-6-11-4-2-3-5-13(11)17/h2-9H,1H3. The molecule has 102 valence electrons. The van der Waals surface area contributed by atoms with Gasteiger partial charge in [-0.1, -0.05) is 53.0 Å². The lowest BCUT2D eigenvalue weighted by atomic mass is 10.0. The first-order valence-electron chi connectivity index (χ1n) is 5.91. The van der Waals surface area contributed by atoms with E-state index in [0.29, 0.717) is 20.6 Å². The molecule has 0 aliphatic rings. The summed E-state index contributed by atoms with van der Waals surface area (Å²) in [6.07, 6.45) is 3.17. The summed E-state index contributed by atoms with van der Waals surface area (Å²) in [5, 5.41) is 1.41. The lowest BCUT2D eigenvalue weighted by Gasteiger charge is -2.04. The molecular weight excluding hydrogens is 315 g/mol. The van der Waals surface area contributed by atoms with Crippen molar-refractivity contribution in [3.63, 3.8) is 0 Å². The highest BCUT2D eigenvalue weighted by Crippen LogP contribution is 2.26. The molecule has 1 nitrogen and oxygen atoms in total. The fraction of sp³-hybridized carbons (Fsp3) is 0.0625. The zero-order valence-electron chi connectivity index (χ0n) is 10.7. The predicted octanol–water partition coefficient (Wildman–Crippen LogP) is 5.85. The SMILES string of the molecule is Cc1cc(Cl)c(Cl)cc1C(=O)C=Cc1ccccc1Cl.